The van der Waals surface area contributed by atoms with Gasteiger partial charge < -0.3 is 10.5 Å². The summed E-state index contributed by atoms with van der Waals surface area (Å²) < 4.78 is 5.52. The second-order valence-electron chi connectivity index (χ2n) is 3.61. The van der Waals surface area contributed by atoms with Crippen molar-refractivity contribution in [3.05, 3.63) is 48.6 Å². The fourth-order valence-corrected chi connectivity index (χ4v) is 1.33. The molecule has 2 nitrogen and oxygen atoms in total. The first-order chi connectivity index (χ1) is 7.33. The van der Waals surface area contributed by atoms with Crippen LogP contribution < -0.4 is 5.73 Å². The van der Waals surface area contributed by atoms with Gasteiger partial charge in [-0.05, 0) is 18.4 Å². The lowest BCUT2D eigenvalue weighted by molar-refractivity contribution is 0.114. The van der Waals surface area contributed by atoms with E-state index in [-0.39, 0.29) is 6.04 Å². The predicted molar refractivity (Wildman–Crippen MR) is 63.5 cm³/mol. The average molecular weight is 205 g/mol. The van der Waals surface area contributed by atoms with Gasteiger partial charge in [0, 0.05) is 12.6 Å². The maximum Gasteiger partial charge on any atom is 0.0716 e. The first-order valence-electron chi connectivity index (χ1n) is 5.31. The van der Waals surface area contributed by atoms with E-state index in [1.54, 1.807) is 0 Å². The molecule has 1 aromatic carbocycles. The number of rotatable bonds is 7. The minimum absolute atomic E-state index is 0.179. The van der Waals surface area contributed by atoms with Crippen LogP contribution in [0.3, 0.4) is 0 Å². The molecule has 0 aliphatic carbocycles. The van der Waals surface area contributed by atoms with Gasteiger partial charge in [-0.15, -0.1) is 6.58 Å². The van der Waals surface area contributed by atoms with Crippen molar-refractivity contribution >= 4 is 0 Å². The zero-order valence-electron chi connectivity index (χ0n) is 9.06. The molecule has 1 atom stereocenters. The SMILES string of the molecule is C=CC[C@H](N)CCOCc1ccccc1. The number of hydrogen-bond acceptors (Lipinski definition) is 2. The predicted octanol–water partition coefficient (Wildman–Crippen LogP) is 2.50. The molecule has 0 saturated carbocycles. The van der Waals surface area contributed by atoms with Crippen LogP contribution in [0.4, 0.5) is 0 Å². The molecule has 15 heavy (non-hydrogen) atoms. The van der Waals surface area contributed by atoms with Crippen LogP contribution in [0.25, 0.3) is 0 Å². The van der Waals surface area contributed by atoms with Gasteiger partial charge >= 0.3 is 0 Å². The Morgan fingerprint density at radius 3 is 2.73 bits per heavy atom. The Labute approximate surface area is 91.7 Å². The van der Waals surface area contributed by atoms with Gasteiger partial charge in [0.15, 0.2) is 0 Å². The Kier molecular flexibility index (Phi) is 5.74. The number of hydrogen-bond donors (Lipinski definition) is 1. The summed E-state index contributed by atoms with van der Waals surface area (Å²) in [7, 11) is 0. The first kappa shape index (κ1) is 12.0. The lowest BCUT2D eigenvalue weighted by atomic mass is 10.1. The van der Waals surface area contributed by atoms with Crippen LogP contribution in [0.2, 0.25) is 0 Å². The number of benzene rings is 1. The zero-order chi connectivity index (χ0) is 10.9. The summed E-state index contributed by atoms with van der Waals surface area (Å²) in [6.45, 7) is 5.04. The molecule has 0 aromatic heterocycles. The summed E-state index contributed by atoms with van der Waals surface area (Å²) in [5.74, 6) is 0. The monoisotopic (exact) mass is 205 g/mol. The molecule has 82 valence electrons. The standard InChI is InChI=1S/C13H19NO/c1-2-6-13(14)9-10-15-11-12-7-4-3-5-8-12/h2-5,7-8,13H,1,6,9-11,14H2/t13-/m0/s1. The fourth-order valence-electron chi connectivity index (χ4n) is 1.33. The van der Waals surface area contributed by atoms with E-state index in [1.807, 2.05) is 24.3 Å². The van der Waals surface area contributed by atoms with Crippen molar-refractivity contribution in [3.63, 3.8) is 0 Å². The quantitative estimate of drug-likeness (QED) is 0.548. The lowest BCUT2D eigenvalue weighted by Gasteiger charge is -2.09. The third-order valence-electron chi connectivity index (χ3n) is 2.21. The van der Waals surface area contributed by atoms with Crippen molar-refractivity contribution in [2.24, 2.45) is 5.73 Å². The van der Waals surface area contributed by atoms with Crippen LogP contribution in [-0.2, 0) is 11.3 Å². The molecule has 0 unspecified atom stereocenters. The van der Waals surface area contributed by atoms with Crippen molar-refractivity contribution < 1.29 is 4.74 Å². The van der Waals surface area contributed by atoms with E-state index in [4.69, 9.17) is 10.5 Å². The Morgan fingerprint density at radius 2 is 2.07 bits per heavy atom. The van der Waals surface area contributed by atoms with E-state index in [2.05, 4.69) is 18.7 Å². The van der Waals surface area contributed by atoms with E-state index in [0.29, 0.717) is 13.2 Å². The highest BCUT2D eigenvalue weighted by Crippen LogP contribution is 2.02. The van der Waals surface area contributed by atoms with E-state index in [1.165, 1.54) is 5.56 Å². The summed E-state index contributed by atoms with van der Waals surface area (Å²) in [4.78, 5) is 0. The molecule has 2 N–H and O–H groups in total. The number of nitrogens with two attached hydrogens (primary N) is 1. The number of ether oxygens (including phenoxy) is 1. The van der Waals surface area contributed by atoms with Crippen LogP contribution in [0.15, 0.2) is 43.0 Å². The van der Waals surface area contributed by atoms with Crippen molar-refractivity contribution in [3.8, 4) is 0 Å². The van der Waals surface area contributed by atoms with Crippen LogP contribution in [0.1, 0.15) is 18.4 Å². The minimum Gasteiger partial charge on any atom is -0.377 e. The molecule has 0 radical (unpaired) electrons. The van der Waals surface area contributed by atoms with Gasteiger partial charge in [-0.3, -0.25) is 0 Å². The second kappa shape index (κ2) is 7.21. The van der Waals surface area contributed by atoms with Crippen molar-refractivity contribution in [1.82, 2.24) is 0 Å². The Morgan fingerprint density at radius 1 is 1.33 bits per heavy atom. The van der Waals surface area contributed by atoms with Crippen molar-refractivity contribution in [2.45, 2.75) is 25.5 Å². The molecule has 1 aromatic rings. The molecule has 2 heteroatoms. The molecule has 0 amide bonds. The lowest BCUT2D eigenvalue weighted by Crippen LogP contribution is -2.20. The highest BCUT2D eigenvalue weighted by Gasteiger charge is 1.99. The van der Waals surface area contributed by atoms with Crippen molar-refractivity contribution in [1.29, 1.82) is 0 Å². The molecule has 1 rings (SSSR count). The smallest absolute Gasteiger partial charge is 0.0716 e. The summed E-state index contributed by atoms with van der Waals surface area (Å²) in [5.41, 5.74) is 7.02. The van der Waals surface area contributed by atoms with Gasteiger partial charge in [0.05, 0.1) is 6.61 Å². The Bertz CT molecular complexity index is 271. The van der Waals surface area contributed by atoms with Crippen LogP contribution in [0.5, 0.6) is 0 Å². The van der Waals surface area contributed by atoms with Crippen LogP contribution >= 0.6 is 0 Å². The Balaban J connectivity index is 2.09. The maximum absolute atomic E-state index is 5.81. The van der Waals surface area contributed by atoms with E-state index >= 15 is 0 Å². The molecule has 0 aliphatic heterocycles. The third-order valence-corrected chi connectivity index (χ3v) is 2.21. The summed E-state index contributed by atoms with van der Waals surface area (Å²) in [6.07, 6.45) is 3.59. The van der Waals surface area contributed by atoms with Gasteiger partial charge in [0.1, 0.15) is 0 Å². The topological polar surface area (TPSA) is 35.2 Å². The Hall–Kier alpha value is -1.12. The van der Waals surface area contributed by atoms with Gasteiger partial charge in [0.25, 0.3) is 0 Å². The average Bonchev–Trinajstić information content (AvgIpc) is 2.26. The van der Waals surface area contributed by atoms with E-state index < -0.39 is 0 Å². The maximum atomic E-state index is 5.81. The molecule has 0 spiro atoms. The van der Waals surface area contributed by atoms with Crippen molar-refractivity contribution in [2.75, 3.05) is 6.61 Å². The van der Waals surface area contributed by atoms with Gasteiger partial charge in [0.2, 0.25) is 0 Å². The molecule has 0 saturated heterocycles. The summed E-state index contributed by atoms with van der Waals surface area (Å²) in [5, 5.41) is 0. The molecule has 0 aliphatic rings. The molecule has 0 fully saturated rings. The van der Waals surface area contributed by atoms with Gasteiger partial charge in [-0.1, -0.05) is 36.4 Å². The largest absolute Gasteiger partial charge is 0.377 e. The molecule has 0 bridgehead atoms. The fraction of sp³-hybridized carbons (Fsp3) is 0.385. The molecule has 0 heterocycles. The molecular weight excluding hydrogens is 186 g/mol. The van der Waals surface area contributed by atoms with Gasteiger partial charge in [-0.25, -0.2) is 0 Å². The van der Waals surface area contributed by atoms with E-state index in [0.717, 1.165) is 12.8 Å². The normalized spacial score (nSPS) is 12.3. The summed E-state index contributed by atoms with van der Waals surface area (Å²) in [6, 6.07) is 10.3. The highest BCUT2D eigenvalue weighted by atomic mass is 16.5. The second-order valence-corrected chi connectivity index (χ2v) is 3.61. The van der Waals surface area contributed by atoms with Crippen LogP contribution in [-0.4, -0.2) is 12.6 Å². The third kappa shape index (κ3) is 5.35. The van der Waals surface area contributed by atoms with Crippen LogP contribution in [0, 0.1) is 0 Å². The zero-order valence-corrected chi connectivity index (χ0v) is 9.06. The first-order valence-corrected chi connectivity index (χ1v) is 5.31. The van der Waals surface area contributed by atoms with E-state index in [9.17, 15) is 0 Å². The van der Waals surface area contributed by atoms with Gasteiger partial charge in [-0.2, -0.15) is 0 Å². The highest BCUT2D eigenvalue weighted by molar-refractivity contribution is 5.13. The summed E-state index contributed by atoms with van der Waals surface area (Å²) >= 11 is 0. The minimum atomic E-state index is 0.179. The molecular formula is C13H19NO.